The Kier molecular flexibility index (Phi) is 3.73. The number of hydrogen-bond donors (Lipinski definition) is 0. The zero-order chi connectivity index (χ0) is 13.9. The molecule has 0 fully saturated rings. The van der Waals surface area contributed by atoms with E-state index in [1.54, 1.807) is 0 Å². The molecule has 3 aromatic rings. The lowest BCUT2D eigenvalue weighted by atomic mass is 10.1. The number of aromatic nitrogens is 3. The van der Waals surface area contributed by atoms with Gasteiger partial charge in [-0.1, -0.05) is 42.9 Å². The molecule has 0 bridgehead atoms. The van der Waals surface area contributed by atoms with E-state index < -0.39 is 0 Å². The molecular formula is C14H15N3O2S. The summed E-state index contributed by atoms with van der Waals surface area (Å²) in [5.74, 6) is 2.46. The Hall–Kier alpha value is -1.82. The van der Waals surface area contributed by atoms with Crippen molar-refractivity contribution in [3.05, 3.63) is 36.0 Å². The molecule has 0 N–H and O–H groups in total. The first-order chi connectivity index (χ1) is 9.70. The van der Waals surface area contributed by atoms with E-state index in [-0.39, 0.29) is 0 Å². The second-order valence-corrected chi connectivity index (χ2v) is 5.87. The van der Waals surface area contributed by atoms with Gasteiger partial charge in [0.05, 0.1) is 5.75 Å². The summed E-state index contributed by atoms with van der Waals surface area (Å²) < 4.78 is 10.8. The molecule has 0 amide bonds. The lowest BCUT2D eigenvalue weighted by Crippen LogP contribution is -1.94. The fourth-order valence-electron chi connectivity index (χ4n) is 1.82. The number of thioether (sulfide) groups is 1. The molecule has 6 heteroatoms. The number of para-hydroxylation sites is 2. The summed E-state index contributed by atoms with van der Waals surface area (Å²) in [5, 5.41) is 4.59. The molecule has 0 aliphatic carbocycles. The molecule has 0 unspecified atom stereocenters. The molecule has 20 heavy (non-hydrogen) atoms. The van der Waals surface area contributed by atoms with Crippen LogP contribution in [0.5, 0.6) is 0 Å². The van der Waals surface area contributed by atoms with Crippen molar-refractivity contribution >= 4 is 22.9 Å². The van der Waals surface area contributed by atoms with Gasteiger partial charge in [-0.25, -0.2) is 4.98 Å². The lowest BCUT2D eigenvalue weighted by Gasteiger charge is -1.95. The highest BCUT2D eigenvalue weighted by molar-refractivity contribution is 7.98. The van der Waals surface area contributed by atoms with Gasteiger partial charge in [0.2, 0.25) is 5.89 Å². The number of nitrogens with zero attached hydrogens (tertiary/aromatic N) is 3. The Morgan fingerprint density at radius 2 is 2.05 bits per heavy atom. The third-order valence-electron chi connectivity index (χ3n) is 2.69. The van der Waals surface area contributed by atoms with E-state index in [9.17, 15) is 0 Å². The third kappa shape index (κ3) is 3.01. The standard InChI is InChI=1S/C14H15N3O2S/c1-9(2)7-13-16-12(17-19-13)8-20-14-15-10-5-3-4-6-11(10)18-14/h3-6,9H,7-8H2,1-2H3. The van der Waals surface area contributed by atoms with Crippen molar-refractivity contribution in [3.63, 3.8) is 0 Å². The fourth-order valence-corrected chi connectivity index (χ4v) is 2.50. The topological polar surface area (TPSA) is 65.0 Å². The lowest BCUT2D eigenvalue weighted by molar-refractivity contribution is 0.360. The van der Waals surface area contributed by atoms with Crippen LogP contribution in [-0.2, 0) is 12.2 Å². The maximum absolute atomic E-state index is 5.63. The third-order valence-corrected chi connectivity index (χ3v) is 3.52. The molecule has 0 atom stereocenters. The first-order valence-electron chi connectivity index (χ1n) is 6.50. The summed E-state index contributed by atoms with van der Waals surface area (Å²) >= 11 is 1.47. The van der Waals surface area contributed by atoms with Gasteiger partial charge in [0.25, 0.3) is 5.22 Å². The minimum Gasteiger partial charge on any atom is -0.431 e. The van der Waals surface area contributed by atoms with Gasteiger partial charge in [0.15, 0.2) is 11.4 Å². The van der Waals surface area contributed by atoms with E-state index in [2.05, 4.69) is 29.0 Å². The largest absolute Gasteiger partial charge is 0.431 e. The predicted octanol–water partition coefficient (Wildman–Crippen LogP) is 3.70. The first kappa shape index (κ1) is 13.2. The summed E-state index contributed by atoms with van der Waals surface area (Å²) in [6.07, 6.45) is 0.806. The molecule has 3 rings (SSSR count). The minimum atomic E-state index is 0.507. The zero-order valence-corrected chi connectivity index (χ0v) is 12.2. The van der Waals surface area contributed by atoms with E-state index in [0.29, 0.717) is 28.6 Å². The summed E-state index contributed by atoms with van der Waals surface area (Å²) in [6, 6.07) is 7.70. The number of rotatable bonds is 5. The van der Waals surface area contributed by atoms with Crippen LogP contribution in [0.1, 0.15) is 25.6 Å². The molecule has 0 saturated heterocycles. The molecule has 5 nitrogen and oxygen atoms in total. The molecule has 0 saturated carbocycles. The van der Waals surface area contributed by atoms with Crippen LogP contribution >= 0.6 is 11.8 Å². The molecule has 0 aliphatic rings. The van der Waals surface area contributed by atoms with Gasteiger partial charge in [-0.05, 0) is 18.1 Å². The molecule has 104 valence electrons. The van der Waals surface area contributed by atoms with Crippen LogP contribution in [0, 0.1) is 5.92 Å². The molecule has 2 heterocycles. The van der Waals surface area contributed by atoms with E-state index >= 15 is 0 Å². The second kappa shape index (κ2) is 5.66. The van der Waals surface area contributed by atoms with Crippen molar-refractivity contribution in [2.45, 2.75) is 31.2 Å². The number of fused-ring (bicyclic) bond motifs is 1. The average molecular weight is 289 g/mol. The highest BCUT2D eigenvalue weighted by atomic mass is 32.2. The van der Waals surface area contributed by atoms with Crippen molar-refractivity contribution in [2.75, 3.05) is 0 Å². The molecular weight excluding hydrogens is 274 g/mol. The van der Waals surface area contributed by atoms with Crippen molar-refractivity contribution in [3.8, 4) is 0 Å². The van der Waals surface area contributed by atoms with E-state index in [1.165, 1.54) is 11.8 Å². The normalized spacial score (nSPS) is 11.6. The van der Waals surface area contributed by atoms with Crippen molar-refractivity contribution in [1.82, 2.24) is 15.1 Å². The number of oxazole rings is 1. The van der Waals surface area contributed by atoms with Crippen LogP contribution in [0.15, 0.2) is 38.4 Å². The Balaban J connectivity index is 1.65. The van der Waals surface area contributed by atoms with Crippen LogP contribution in [-0.4, -0.2) is 15.1 Å². The molecule has 0 aliphatic heterocycles. The highest BCUT2D eigenvalue weighted by Crippen LogP contribution is 2.25. The predicted molar refractivity (Wildman–Crippen MR) is 76.4 cm³/mol. The van der Waals surface area contributed by atoms with Crippen molar-refractivity contribution in [2.24, 2.45) is 5.92 Å². The first-order valence-corrected chi connectivity index (χ1v) is 7.49. The van der Waals surface area contributed by atoms with Crippen LogP contribution in [0.2, 0.25) is 0 Å². The quantitative estimate of drug-likeness (QED) is 0.667. The smallest absolute Gasteiger partial charge is 0.257 e. The number of benzene rings is 1. The molecule has 0 radical (unpaired) electrons. The van der Waals surface area contributed by atoms with Gasteiger partial charge < -0.3 is 8.94 Å². The molecule has 1 aromatic carbocycles. The summed E-state index contributed by atoms with van der Waals surface area (Å²) in [7, 11) is 0. The summed E-state index contributed by atoms with van der Waals surface area (Å²) in [6.45, 7) is 4.24. The average Bonchev–Trinajstić information content (AvgIpc) is 3.01. The maximum Gasteiger partial charge on any atom is 0.257 e. The molecule has 0 spiro atoms. The Bertz CT molecular complexity index is 672. The summed E-state index contributed by atoms with van der Waals surface area (Å²) in [5.41, 5.74) is 1.66. The van der Waals surface area contributed by atoms with E-state index in [0.717, 1.165) is 17.5 Å². The van der Waals surface area contributed by atoms with E-state index in [1.807, 2.05) is 24.3 Å². The molecule has 2 aromatic heterocycles. The van der Waals surface area contributed by atoms with Gasteiger partial charge in [0, 0.05) is 6.42 Å². The Morgan fingerprint density at radius 3 is 2.85 bits per heavy atom. The highest BCUT2D eigenvalue weighted by Gasteiger charge is 2.11. The zero-order valence-electron chi connectivity index (χ0n) is 11.4. The minimum absolute atomic E-state index is 0.507. The Morgan fingerprint density at radius 1 is 1.20 bits per heavy atom. The monoisotopic (exact) mass is 289 g/mol. The SMILES string of the molecule is CC(C)Cc1nc(CSc2nc3ccccc3o2)no1. The number of hydrogen-bond acceptors (Lipinski definition) is 6. The van der Waals surface area contributed by atoms with E-state index in [4.69, 9.17) is 8.94 Å². The van der Waals surface area contributed by atoms with Gasteiger partial charge in [-0.2, -0.15) is 4.98 Å². The second-order valence-electron chi connectivity index (χ2n) is 4.94. The Labute approximate surface area is 120 Å². The van der Waals surface area contributed by atoms with Crippen molar-refractivity contribution < 1.29 is 8.94 Å². The fraction of sp³-hybridized carbons (Fsp3) is 0.357. The van der Waals surface area contributed by atoms with Crippen LogP contribution in [0.3, 0.4) is 0 Å². The van der Waals surface area contributed by atoms with Crippen LogP contribution < -0.4 is 0 Å². The van der Waals surface area contributed by atoms with Crippen LogP contribution in [0.4, 0.5) is 0 Å². The maximum atomic E-state index is 5.63. The van der Waals surface area contributed by atoms with Crippen molar-refractivity contribution in [1.29, 1.82) is 0 Å². The van der Waals surface area contributed by atoms with Gasteiger partial charge >= 0.3 is 0 Å². The summed E-state index contributed by atoms with van der Waals surface area (Å²) in [4.78, 5) is 8.74. The van der Waals surface area contributed by atoms with Gasteiger partial charge in [0.1, 0.15) is 5.52 Å². The van der Waals surface area contributed by atoms with Crippen LogP contribution in [0.25, 0.3) is 11.1 Å². The van der Waals surface area contributed by atoms with Gasteiger partial charge in [-0.15, -0.1) is 0 Å². The van der Waals surface area contributed by atoms with Gasteiger partial charge in [-0.3, -0.25) is 0 Å².